The fourth-order valence-electron chi connectivity index (χ4n) is 3.02. The number of hydrogen-bond acceptors (Lipinski definition) is 4. The highest BCUT2D eigenvalue weighted by Gasteiger charge is 2.12. The van der Waals surface area contributed by atoms with Gasteiger partial charge in [0.1, 0.15) is 11.5 Å². The van der Waals surface area contributed by atoms with Crippen LogP contribution in [0.3, 0.4) is 0 Å². The summed E-state index contributed by atoms with van der Waals surface area (Å²) < 4.78 is 30.1. The third-order valence-corrected chi connectivity index (χ3v) is 6.19. The Morgan fingerprint density at radius 1 is 0.897 bits per heavy atom. The van der Waals surface area contributed by atoms with E-state index < -0.39 is 9.84 Å². The highest BCUT2D eigenvalue weighted by molar-refractivity contribution is 7.90. The van der Waals surface area contributed by atoms with Gasteiger partial charge in [-0.1, -0.05) is 60.7 Å². The summed E-state index contributed by atoms with van der Waals surface area (Å²) in [4.78, 5) is 12.0. The molecule has 0 saturated carbocycles. The van der Waals surface area contributed by atoms with E-state index >= 15 is 0 Å². The van der Waals surface area contributed by atoms with Gasteiger partial charge < -0.3 is 9.73 Å². The number of nitrogens with one attached hydrogen (secondary N) is 1. The second kappa shape index (κ2) is 10.1. The molecule has 0 saturated heterocycles. The Morgan fingerprint density at radius 2 is 1.59 bits per heavy atom. The molecule has 0 aliphatic heterocycles. The number of carbonyl (C=O) groups is 1. The van der Waals surface area contributed by atoms with Crippen LogP contribution in [-0.2, 0) is 26.8 Å². The van der Waals surface area contributed by atoms with E-state index in [-0.39, 0.29) is 17.4 Å². The van der Waals surface area contributed by atoms with Crippen molar-refractivity contribution in [2.45, 2.75) is 25.0 Å². The lowest BCUT2D eigenvalue weighted by Crippen LogP contribution is -2.26. The quantitative estimate of drug-likeness (QED) is 0.512. The predicted molar refractivity (Wildman–Crippen MR) is 114 cm³/mol. The SMILES string of the molecule is O=C(CCc1ccc(-c2ccccc2)o1)NCCCS(=O)(=O)Cc1ccccc1. The number of benzene rings is 2. The number of furan rings is 1. The Hall–Kier alpha value is -2.86. The largest absolute Gasteiger partial charge is 0.461 e. The Balaban J connectivity index is 1.36. The first-order valence-corrected chi connectivity index (χ1v) is 11.5. The van der Waals surface area contributed by atoms with Crippen molar-refractivity contribution in [2.24, 2.45) is 0 Å². The maximum absolute atomic E-state index is 12.1. The summed E-state index contributed by atoms with van der Waals surface area (Å²) in [5, 5.41) is 2.78. The van der Waals surface area contributed by atoms with E-state index in [4.69, 9.17) is 4.42 Å². The minimum absolute atomic E-state index is 0.0318. The number of sulfone groups is 1. The van der Waals surface area contributed by atoms with E-state index in [2.05, 4.69) is 5.32 Å². The molecule has 0 atom stereocenters. The van der Waals surface area contributed by atoms with E-state index in [1.807, 2.05) is 60.7 Å². The lowest BCUT2D eigenvalue weighted by molar-refractivity contribution is -0.121. The van der Waals surface area contributed by atoms with Crippen LogP contribution >= 0.6 is 0 Å². The van der Waals surface area contributed by atoms with Gasteiger partial charge in [-0.15, -0.1) is 0 Å². The monoisotopic (exact) mass is 411 g/mol. The molecule has 1 N–H and O–H groups in total. The zero-order chi connectivity index (χ0) is 20.5. The standard InChI is InChI=1S/C23H25NO4S/c25-23(15-13-21-12-14-22(28-21)20-10-5-2-6-11-20)24-16-7-17-29(26,27)18-19-8-3-1-4-9-19/h1-6,8-12,14H,7,13,15-18H2,(H,24,25). The molecule has 152 valence electrons. The Bertz CT molecular complexity index is 1010. The van der Waals surface area contributed by atoms with Crippen molar-refractivity contribution in [2.75, 3.05) is 12.3 Å². The van der Waals surface area contributed by atoms with Gasteiger partial charge in [0.25, 0.3) is 0 Å². The number of amides is 1. The van der Waals surface area contributed by atoms with Crippen molar-refractivity contribution in [3.05, 3.63) is 84.1 Å². The zero-order valence-corrected chi connectivity index (χ0v) is 17.0. The Labute approximate surface area is 171 Å². The Kier molecular flexibility index (Phi) is 7.25. The van der Waals surface area contributed by atoms with Crippen molar-refractivity contribution >= 4 is 15.7 Å². The second-order valence-electron chi connectivity index (χ2n) is 6.91. The van der Waals surface area contributed by atoms with Gasteiger partial charge in [-0.25, -0.2) is 8.42 Å². The lowest BCUT2D eigenvalue weighted by Gasteiger charge is -2.06. The fourth-order valence-corrected chi connectivity index (χ4v) is 4.44. The second-order valence-corrected chi connectivity index (χ2v) is 9.10. The van der Waals surface area contributed by atoms with Gasteiger partial charge in [-0.05, 0) is 24.1 Å². The molecule has 0 unspecified atom stereocenters. The molecule has 6 heteroatoms. The summed E-state index contributed by atoms with van der Waals surface area (Å²) in [6.07, 6.45) is 1.21. The first-order chi connectivity index (χ1) is 14.0. The van der Waals surface area contributed by atoms with Gasteiger partial charge in [0.05, 0.1) is 11.5 Å². The maximum Gasteiger partial charge on any atom is 0.220 e. The predicted octanol–water partition coefficient (Wildman–Crippen LogP) is 4.00. The molecule has 2 aromatic carbocycles. The number of aryl methyl sites for hydroxylation is 1. The third-order valence-electron chi connectivity index (χ3n) is 4.50. The Morgan fingerprint density at radius 3 is 2.31 bits per heavy atom. The molecule has 0 fully saturated rings. The van der Waals surface area contributed by atoms with Crippen LogP contribution in [0, 0.1) is 0 Å². The van der Waals surface area contributed by atoms with Gasteiger partial charge >= 0.3 is 0 Å². The fraction of sp³-hybridized carbons (Fsp3) is 0.261. The van der Waals surface area contributed by atoms with Crippen molar-refractivity contribution in [3.8, 4) is 11.3 Å². The summed E-state index contributed by atoms with van der Waals surface area (Å²) >= 11 is 0. The van der Waals surface area contributed by atoms with Gasteiger partial charge in [-0.2, -0.15) is 0 Å². The molecule has 1 aromatic heterocycles. The summed E-state index contributed by atoms with van der Waals surface area (Å²) in [6, 6.07) is 22.7. The molecule has 29 heavy (non-hydrogen) atoms. The number of rotatable bonds is 10. The summed E-state index contributed by atoms with van der Waals surface area (Å²) in [5.74, 6) is 1.52. The van der Waals surface area contributed by atoms with Gasteiger partial charge in [0, 0.05) is 24.9 Å². The smallest absolute Gasteiger partial charge is 0.220 e. The van der Waals surface area contributed by atoms with E-state index in [9.17, 15) is 13.2 Å². The van der Waals surface area contributed by atoms with Crippen molar-refractivity contribution in [3.63, 3.8) is 0 Å². The molecule has 5 nitrogen and oxygen atoms in total. The van der Waals surface area contributed by atoms with Crippen LogP contribution < -0.4 is 5.32 Å². The number of hydrogen-bond donors (Lipinski definition) is 1. The van der Waals surface area contributed by atoms with Gasteiger partial charge in [-0.3, -0.25) is 4.79 Å². The average Bonchev–Trinajstić information content (AvgIpc) is 3.20. The summed E-state index contributed by atoms with van der Waals surface area (Å²) in [5.41, 5.74) is 1.78. The van der Waals surface area contributed by atoms with Crippen molar-refractivity contribution < 1.29 is 17.6 Å². The van der Waals surface area contributed by atoms with Crippen LogP contribution in [0.15, 0.2) is 77.2 Å². The number of carbonyl (C=O) groups excluding carboxylic acids is 1. The molecule has 0 aliphatic carbocycles. The van der Waals surface area contributed by atoms with E-state index in [0.717, 1.165) is 22.6 Å². The average molecular weight is 412 g/mol. The molecule has 1 heterocycles. The van der Waals surface area contributed by atoms with Crippen molar-refractivity contribution in [1.82, 2.24) is 5.32 Å². The van der Waals surface area contributed by atoms with E-state index in [0.29, 0.717) is 25.8 Å². The molecule has 1 amide bonds. The van der Waals surface area contributed by atoms with E-state index in [1.54, 1.807) is 12.1 Å². The minimum atomic E-state index is -3.18. The summed E-state index contributed by atoms with van der Waals surface area (Å²) in [7, 11) is -3.18. The highest BCUT2D eigenvalue weighted by atomic mass is 32.2. The molecule has 0 spiro atoms. The molecule has 0 bridgehead atoms. The van der Waals surface area contributed by atoms with Gasteiger partial charge in [0.2, 0.25) is 5.91 Å². The molecule has 0 aliphatic rings. The van der Waals surface area contributed by atoms with E-state index in [1.165, 1.54) is 0 Å². The molecular formula is C23H25NO4S. The first kappa shape index (κ1) is 20.9. The van der Waals surface area contributed by atoms with Crippen LogP contribution in [0.1, 0.15) is 24.2 Å². The van der Waals surface area contributed by atoms with Crippen molar-refractivity contribution in [1.29, 1.82) is 0 Å². The molecule has 3 aromatic rings. The van der Waals surface area contributed by atoms with Gasteiger partial charge in [0.15, 0.2) is 9.84 Å². The molecular weight excluding hydrogens is 386 g/mol. The summed E-state index contributed by atoms with van der Waals surface area (Å²) in [6.45, 7) is 0.347. The first-order valence-electron chi connectivity index (χ1n) is 9.67. The van der Waals surface area contributed by atoms with Crippen LogP contribution in [0.25, 0.3) is 11.3 Å². The van der Waals surface area contributed by atoms with Crippen LogP contribution in [-0.4, -0.2) is 26.6 Å². The normalized spacial score (nSPS) is 11.3. The lowest BCUT2D eigenvalue weighted by atomic mass is 10.2. The van der Waals surface area contributed by atoms with Crippen LogP contribution in [0.5, 0.6) is 0 Å². The molecule has 3 rings (SSSR count). The molecule has 0 radical (unpaired) electrons. The third kappa shape index (κ3) is 6.91. The van der Waals surface area contributed by atoms with Crippen LogP contribution in [0.4, 0.5) is 0 Å². The zero-order valence-electron chi connectivity index (χ0n) is 16.2. The van der Waals surface area contributed by atoms with Crippen LogP contribution in [0.2, 0.25) is 0 Å². The maximum atomic E-state index is 12.1. The minimum Gasteiger partial charge on any atom is -0.461 e. The topological polar surface area (TPSA) is 76.4 Å². The highest BCUT2D eigenvalue weighted by Crippen LogP contribution is 2.22.